The van der Waals surface area contributed by atoms with Crippen molar-refractivity contribution in [3.05, 3.63) is 36.5 Å². The number of carbonyl (C=O) groups excluding carboxylic acids is 1. The highest BCUT2D eigenvalue weighted by Gasteiger charge is 1.98. The maximum Gasteiger partial charge on any atom is 0.305 e. The second-order valence-corrected chi connectivity index (χ2v) is 3.44. The van der Waals surface area contributed by atoms with Crippen molar-refractivity contribution >= 4 is 5.97 Å². The Hall–Kier alpha value is -1.35. The van der Waals surface area contributed by atoms with Gasteiger partial charge in [0.25, 0.3) is 0 Å². The summed E-state index contributed by atoms with van der Waals surface area (Å²) >= 11 is 0. The van der Waals surface area contributed by atoms with Gasteiger partial charge in [0.15, 0.2) is 0 Å². The van der Waals surface area contributed by atoms with Crippen LogP contribution in [-0.2, 0) is 9.53 Å². The van der Waals surface area contributed by atoms with Gasteiger partial charge in [0, 0.05) is 6.42 Å². The Morgan fingerprint density at radius 3 is 2.65 bits per heavy atom. The molecule has 17 heavy (non-hydrogen) atoms. The van der Waals surface area contributed by atoms with Gasteiger partial charge in [-0.3, -0.25) is 4.79 Å². The third-order valence-corrected chi connectivity index (χ3v) is 1.98. The van der Waals surface area contributed by atoms with Crippen LogP contribution in [-0.4, -0.2) is 24.3 Å². The summed E-state index contributed by atoms with van der Waals surface area (Å²) < 4.78 is 4.82. The number of rotatable bonds is 9. The molecule has 0 amide bonds. The normalized spacial score (nSPS) is 11.9. The maximum absolute atomic E-state index is 11.0. The third-order valence-electron chi connectivity index (χ3n) is 1.98. The zero-order chi connectivity index (χ0) is 12.8. The quantitative estimate of drug-likeness (QED) is 0.291. The molecule has 0 aromatic heterocycles. The van der Waals surface area contributed by atoms with Crippen LogP contribution in [0.15, 0.2) is 36.5 Å². The monoisotopic (exact) mass is 238 g/mol. The molecule has 0 unspecified atom stereocenters. The van der Waals surface area contributed by atoms with E-state index in [9.17, 15) is 4.79 Å². The highest BCUT2D eigenvalue weighted by molar-refractivity contribution is 5.69. The fourth-order valence-corrected chi connectivity index (χ4v) is 1.19. The first-order valence-corrected chi connectivity index (χ1v) is 6.04. The molecule has 0 aliphatic heterocycles. The molecule has 0 heterocycles. The van der Waals surface area contributed by atoms with Crippen molar-refractivity contribution in [2.45, 2.75) is 32.6 Å². The minimum Gasteiger partial charge on any atom is -0.466 e. The lowest BCUT2D eigenvalue weighted by Gasteiger charge is -1.98. The molecule has 0 atom stereocenters. The minimum absolute atomic E-state index is 0.0774. The molecule has 0 bridgehead atoms. The molecular weight excluding hydrogens is 216 g/mol. The van der Waals surface area contributed by atoms with Gasteiger partial charge in [-0.15, -0.1) is 0 Å². The summed E-state index contributed by atoms with van der Waals surface area (Å²) in [4.78, 5) is 11.0. The van der Waals surface area contributed by atoms with Crippen LogP contribution in [0.3, 0.4) is 0 Å². The zero-order valence-corrected chi connectivity index (χ0v) is 10.5. The topological polar surface area (TPSA) is 46.5 Å². The lowest BCUT2D eigenvalue weighted by molar-refractivity contribution is -0.143. The molecule has 0 spiro atoms. The number of ether oxygens (including phenoxy) is 1. The number of carbonyl (C=O) groups is 1. The van der Waals surface area contributed by atoms with E-state index >= 15 is 0 Å². The van der Waals surface area contributed by atoms with E-state index in [-0.39, 0.29) is 12.6 Å². The second kappa shape index (κ2) is 12.7. The molecule has 0 saturated heterocycles. The fraction of sp³-hybridized carbons (Fsp3) is 0.500. The molecular formula is C14H22O3. The molecule has 3 nitrogen and oxygen atoms in total. The average Bonchev–Trinajstić information content (AvgIpc) is 2.32. The van der Waals surface area contributed by atoms with E-state index < -0.39 is 0 Å². The van der Waals surface area contributed by atoms with Crippen molar-refractivity contribution in [1.29, 1.82) is 0 Å². The Morgan fingerprint density at radius 2 is 1.94 bits per heavy atom. The van der Waals surface area contributed by atoms with Crippen molar-refractivity contribution in [3.63, 3.8) is 0 Å². The zero-order valence-electron chi connectivity index (χ0n) is 10.5. The highest BCUT2D eigenvalue weighted by Crippen LogP contribution is 2.00. The Kier molecular flexibility index (Phi) is 11.7. The molecule has 0 fully saturated rings. The van der Waals surface area contributed by atoms with E-state index in [1.54, 1.807) is 6.08 Å². The predicted octanol–water partition coefficient (Wildman–Crippen LogP) is 2.77. The minimum atomic E-state index is -0.116. The third kappa shape index (κ3) is 12.6. The summed E-state index contributed by atoms with van der Waals surface area (Å²) in [6.07, 6.45) is 14.6. The Morgan fingerprint density at radius 1 is 1.18 bits per heavy atom. The van der Waals surface area contributed by atoms with Gasteiger partial charge in [0.1, 0.15) is 0 Å². The van der Waals surface area contributed by atoms with Crippen molar-refractivity contribution in [2.75, 3.05) is 13.2 Å². The van der Waals surface area contributed by atoms with Crippen LogP contribution in [0.4, 0.5) is 0 Å². The van der Waals surface area contributed by atoms with Gasteiger partial charge in [-0.25, -0.2) is 0 Å². The van der Waals surface area contributed by atoms with Crippen LogP contribution in [0.1, 0.15) is 32.6 Å². The number of hydrogen-bond donors (Lipinski definition) is 1. The van der Waals surface area contributed by atoms with Gasteiger partial charge in [-0.05, 0) is 26.2 Å². The summed E-state index contributed by atoms with van der Waals surface area (Å²) in [5.74, 6) is -0.116. The van der Waals surface area contributed by atoms with Gasteiger partial charge in [-0.1, -0.05) is 36.5 Å². The standard InChI is InChI=1S/C14H22O3/c1-2-17-14(16)12-10-8-6-4-3-5-7-9-11-13-15/h4-7,9,11,15H,2-3,8,10,12-13H2,1H3/b6-4-,7-5-,11-9+. The Balaban J connectivity index is 3.39. The van der Waals surface area contributed by atoms with Gasteiger partial charge in [0.05, 0.1) is 13.2 Å². The van der Waals surface area contributed by atoms with Crippen LogP contribution in [0, 0.1) is 0 Å². The first-order chi connectivity index (χ1) is 8.31. The van der Waals surface area contributed by atoms with Crippen LogP contribution in [0.25, 0.3) is 0 Å². The predicted molar refractivity (Wildman–Crippen MR) is 69.6 cm³/mol. The number of allylic oxidation sites excluding steroid dienone is 5. The van der Waals surface area contributed by atoms with Crippen LogP contribution >= 0.6 is 0 Å². The van der Waals surface area contributed by atoms with E-state index in [1.165, 1.54) is 0 Å². The molecule has 96 valence electrons. The van der Waals surface area contributed by atoms with Gasteiger partial charge in [0.2, 0.25) is 0 Å². The number of esters is 1. The summed E-state index contributed by atoms with van der Waals surface area (Å²) in [5, 5.41) is 8.48. The summed E-state index contributed by atoms with van der Waals surface area (Å²) in [6, 6.07) is 0. The van der Waals surface area contributed by atoms with Gasteiger partial charge in [-0.2, -0.15) is 0 Å². The van der Waals surface area contributed by atoms with Crippen molar-refractivity contribution in [3.8, 4) is 0 Å². The Bertz CT molecular complexity index is 265. The average molecular weight is 238 g/mol. The van der Waals surface area contributed by atoms with E-state index in [0.717, 1.165) is 19.3 Å². The summed E-state index contributed by atoms with van der Waals surface area (Å²) in [6.45, 7) is 2.35. The van der Waals surface area contributed by atoms with E-state index in [2.05, 4.69) is 12.2 Å². The molecule has 0 aliphatic rings. The molecule has 0 aliphatic carbocycles. The SMILES string of the molecule is CCOC(=O)CCC/C=C\C/C=C\C=C\CO. The van der Waals surface area contributed by atoms with Crippen LogP contribution < -0.4 is 0 Å². The lowest BCUT2D eigenvalue weighted by atomic mass is 10.2. The first-order valence-electron chi connectivity index (χ1n) is 6.04. The molecule has 0 saturated carbocycles. The first kappa shape index (κ1) is 15.7. The maximum atomic E-state index is 11.0. The van der Waals surface area contributed by atoms with E-state index in [1.807, 2.05) is 25.2 Å². The molecule has 0 aromatic rings. The van der Waals surface area contributed by atoms with Crippen molar-refractivity contribution in [2.24, 2.45) is 0 Å². The number of unbranched alkanes of at least 4 members (excludes halogenated alkanes) is 1. The van der Waals surface area contributed by atoms with Gasteiger partial charge >= 0.3 is 5.97 Å². The summed E-state index contributed by atoms with van der Waals surface area (Å²) in [5.41, 5.74) is 0. The van der Waals surface area contributed by atoms with E-state index in [4.69, 9.17) is 9.84 Å². The molecule has 3 heteroatoms. The van der Waals surface area contributed by atoms with Crippen molar-refractivity contribution in [1.82, 2.24) is 0 Å². The highest BCUT2D eigenvalue weighted by atomic mass is 16.5. The molecule has 0 rings (SSSR count). The largest absolute Gasteiger partial charge is 0.466 e. The summed E-state index contributed by atoms with van der Waals surface area (Å²) in [7, 11) is 0. The number of aliphatic hydroxyl groups is 1. The number of hydrogen-bond acceptors (Lipinski definition) is 3. The van der Waals surface area contributed by atoms with Crippen LogP contribution in [0.2, 0.25) is 0 Å². The lowest BCUT2D eigenvalue weighted by Crippen LogP contribution is -2.02. The smallest absolute Gasteiger partial charge is 0.305 e. The number of aliphatic hydroxyl groups excluding tert-OH is 1. The van der Waals surface area contributed by atoms with Crippen LogP contribution in [0.5, 0.6) is 0 Å². The molecule has 0 radical (unpaired) electrons. The van der Waals surface area contributed by atoms with Gasteiger partial charge < -0.3 is 9.84 Å². The van der Waals surface area contributed by atoms with E-state index in [0.29, 0.717) is 13.0 Å². The molecule has 0 aromatic carbocycles. The fourth-order valence-electron chi connectivity index (χ4n) is 1.19. The Labute approximate surface area is 103 Å². The second-order valence-electron chi connectivity index (χ2n) is 3.44. The van der Waals surface area contributed by atoms with Crippen molar-refractivity contribution < 1.29 is 14.6 Å². The molecule has 1 N–H and O–H groups in total.